The number of carbonyl (C=O) groups is 1. The predicted molar refractivity (Wildman–Crippen MR) is 105 cm³/mol. The minimum absolute atomic E-state index is 0.320. The Kier molecular flexibility index (Phi) is 6.70. The van der Waals surface area contributed by atoms with Crippen molar-refractivity contribution in [3.63, 3.8) is 0 Å². The molecule has 140 valence electrons. The number of ether oxygens (including phenoxy) is 1. The van der Waals surface area contributed by atoms with Crippen LogP contribution in [0.3, 0.4) is 0 Å². The zero-order valence-electron chi connectivity index (χ0n) is 14.6. The Balaban J connectivity index is 1.90. The Labute approximate surface area is 169 Å². The minimum atomic E-state index is -0.414. The van der Waals surface area contributed by atoms with E-state index >= 15 is 0 Å². The molecule has 0 aliphatic rings. The second-order valence-corrected chi connectivity index (χ2v) is 8.00. The number of benzene rings is 1. The molecule has 7 nitrogen and oxygen atoms in total. The number of methoxy groups -OCH3 is 1. The van der Waals surface area contributed by atoms with Crippen molar-refractivity contribution in [2.75, 3.05) is 7.11 Å². The van der Waals surface area contributed by atoms with Crippen LogP contribution in [0.15, 0.2) is 53.0 Å². The molecule has 0 radical (unpaired) electrons. The quantitative estimate of drug-likeness (QED) is 0.324. The molecule has 0 N–H and O–H groups in total. The standard InChI is InChI=1S/C17H16ClN5O2S2/c1-11(15(24)25-2)27-17-22-21-14(10-26-16-19-8-3-9-20-16)23(17)13-6-4-12(18)5-7-13/h3-9,11H,10H2,1-2H3. The molecule has 3 aromatic rings. The molecule has 1 unspecified atom stereocenters. The lowest BCUT2D eigenvalue weighted by atomic mass is 10.3. The van der Waals surface area contributed by atoms with Crippen LogP contribution in [0.5, 0.6) is 0 Å². The molecule has 1 atom stereocenters. The van der Waals surface area contributed by atoms with Crippen molar-refractivity contribution < 1.29 is 9.53 Å². The Hall–Kier alpha value is -2.10. The van der Waals surface area contributed by atoms with E-state index in [-0.39, 0.29) is 5.97 Å². The minimum Gasteiger partial charge on any atom is -0.468 e. The zero-order valence-corrected chi connectivity index (χ0v) is 17.0. The smallest absolute Gasteiger partial charge is 0.318 e. The topological polar surface area (TPSA) is 82.8 Å². The van der Waals surface area contributed by atoms with Gasteiger partial charge in [-0.1, -0.05) is 35.1 Å². The molecule has 1 aromatic carbocycles. The lowest BCUT2D eigenvalue weighted by Crippen LogP contribution is -2.15. The average molecular weight is 422 g/mol. The first kappa shape index (κ1) is 19.7. The third-order valence-corrected chi connectivity index (χ3v) is 5.62. The summed E-state index contributed by atoms with van der Waals surface area (Å²) in [6.07, 6.45) is 3.39. The summed E-state index contributed by atoms with van der Waals surface area (Å²) in [5, 5.41) is 10.0. The number of thioether (sulfide) groups is 2. The lowest BCUT2D eigenvalue weighted by molar-refractivity contribution is -0.139. The van der Waals surface area contributed by atoms with E-state index in [0.717, 1.165) is 5.69 Å². The number of esters is 1. The fraction of sp³-hybridized carbons (Fsp3) is 0.235. The predicted octanol–water partition coefficient (Wildman–Crippen LogP) is 3.66. The van der Waals surface area contributed by atoms with Gasteiger partial charge in [-0.2, -0.15) is 0 Å². The fourth-order valence-electron chi connectivity index (χ4n) is 2.18. The highest BCUT2D eigenvalue weighted by Crippen LogP contribution is 2.29. The van der Waals surface area contributed by atoms with Crippen LogP contribution in [0.1, 0.15) is 12.7 Å². The number of rotatable bonds is 7. The molecule has 0 aliphatic carbocycles. The maximum Gasteiger partial charge on any atom is 0.318 e. The van der Waals surface area contributed by atoms with Gasteiger partial charge in [0, 0.05) is 23.1 Å². The summed E-state index contributed by atoms with van der Waals surface area (Å²) in [5.74, 6) is 0.917. The van der Waals surface area contributed by atoms with E-state index < -0.39 is 5.25 Å². The normalized spacial score (nSPS) is 12.0. The van der Waals surface area contributed by atoms with Gasteiger partial charge in [-0.3, -0.25) is 9.36 Å². The summed E-state index contributed by atoms with van der Waals surface area (Å²) >= 11 is 8.75. The summed E-state index contributed by atoms with van der Waals surface area (Å²) in [7, 11) is 1.37. The summed E-state index contributed by atoms with van der Waals surface area (Å²) in [4.78, 5) is 20.2. The van der Waals surface area contributed by atoms with Crippen LogP contribution < -0.4 is 0 Å². The van der Waals surface area contributed by atoms with Crippen molar-refractivity contribution in [2.24, 2.45) is 0 Å². The molecule has 10 heteroatoms. The van der Waals surface area contributed by atoms with E-state index in [4.69, 9.17) is 16.3 Å². The van der Waals surface area contributed by atoms with Crippen molar-refractivity contribution in [1.29, 1.82) is 0 Å². The van der Waals surface area contributed by atoms with Gasteiger partial charge in [-0.25, -0.2) is 9.97 Å². The fourth-order valence-corrected chi connectivity index (χ4v) is 3.94. The highest BCUT2D eigenvalue weighted by atomic mass is 35.5. The zero-order chi connectivity index (χ0) is 19.2. The van der Waals surface area contributed by atoms with Crippen molar-refractivity contribution in [2.45, 2.75) is 28.2 Å². The van der Waals surface area contributed by atoms with Gasteiger partial charge in [0.2, 0.25) is 0 Å². The highest BCUT2D eigenvalue weighted by molar-refractivity contribution is 8.00. The van der Waals surface area contributed by atoms with Crippen LogP contribution in [0, 0.1) is 0 Å². The van der Waals surface area contributed by atoms with Gasteiger partial charge in [0.25, 0.3) is 0 Å². The second kappa shape index (κ2) is 9.20. The van der Waals surface area contributed by atoms with Gasteiger partial charge < -0.3 is 4.74 Å². The largest absolute Gasteiger partial charge is 0.468 e. The van der Waals surface area contributed by atoms with Crippen molar-refractivity contribution in [3.8, 4) is 5.69 Å². The Morgan fingerprint density at radius 3 is 2.59 bits per heavy atom. The summed E-state index contributed by atoms with van der Waals surface area (Å²) in [6, 6.07) is 9.12. The first-order chi connectivity index (χ1) is 13.1. The van der Waals surface area contributed by atoms with Gasteiger partial charge in [0.15, 0.2) is 10.3 Å². The number of nitrogens with zero attached hydrogens (tertiary/aromatic N) is 5. The SMILES string of the molecule is COC(=O)C(C)Sc1nnc(CSc2ncccn2)n1-c1ccc(Cl)cc1. The molecule has 0 saturated carbocycles. The number of hydrogen-bond donors (Lipinski definition) is 0. The van der Waals surface area contributed by atoms with Crippen molar-refractivity contribution in [3.05, 3.63) is 53.6 Å². The van der Waals surface area contributed by atoms with Crippen LogP contribution in [0.2, 0.25) is 5.02 Å². The van der Waals surface area contributed by atoms with Crippen molar-refractivity contribution in [1.82, 2.24) is 24.7 Å². The van der Waals surface area contributed by atoms with E-state index in [1.54, 1.807) is 37.5 Å². The number of carbonyl (C=O) groups excluding carboxylic acids is 1. The first-order valence-corrected chi connectivity index (χ1v) is 10.2. The van der Waals surface area contributed by atoms with Crippen LogP contribution >= 0.6 is 35.1 Å². The van der Waals surface area contributed by atoms with E-state index in [9.17, 15) is 4.79 Å². The van der Waals surface area contributed by atoms with Gasteiger partial charge in [-0.05, 0) is 37.3 Å². The molecular formula is C17H16ClN5O2S2. The third-order valence-electron chi connectivity index (χ3n) is 3.47. The highest BCUT2D eigenvalue weighted by Gasteiger charge is 2.21. The molecule has 0 aliphatic heterocycles. The maximum atomic E-state index is 11.8. The summed E-state index contributed by atoms with van der Waals surface area (Å²) < 4.78 is 6.70. The van der Waals surface area contributed by atoms with Gasteiger partial charge in [-0.15, -0.1) is 10.2 Å². The van der Waals surface area contributed by atoms with Crippen molar-refractivity contribution >= 4 is 41.1 Å². The number of halogens is 1. The number of hydrogen-bond acceptors (Lipinski definition) is 8. The third kappa shape index (κ3) is 5.00. The monoisotopic (exact) mass is 421 g/mol. The molecule has 0 amide bonds. The van der Waals surface area contributed by atoms with Crippen LogP contribution in [-0.4, -0.2) is 43.1 Å². The molecule has 27 heavy (non-hydrogen) atoms. The van der Waals surface area contributed by atoms with E-state index in [1.165, 1.54) is 30.6 Å². The average Bonchev–Trinajstić information content (AvgIpc) is 3.09. The molecule has 0 spiro atoms. The van der Waals surface area contributed by atoms with E-state index in [0.29, 0.717) is 26.9 Å². The Bertz CT molecular complexity index is 905. The second-order valence-electron chi connectivity index (χ2n) is 5.31. The molecule has 2 aromatic heterocycles. The Morgan fingerprint density at radius 1 is 1.22 bits per heavy atom. The summed E-state index contributed by atoms with van der Waals surface area (Å²) in [6.45, 7) is 1.77. The number of aromatic nitrogens is 5. The van der Waals surface area contributed by atoms with Crippen LogP contribution in [0.25, 0.3) is 5.69 Å². The summed E-state index contributed by atoms with van der Waals surface area (Å²) in [5.41, 5.74) is 0.855. The molecule has 3 rings (SSSR count). The van der Waals surface area contributed by atoms with E-state index in [2.05, 4.69) is 20.2 Å². The molecular weight excluding hydrogens is 406 g/mol. The van der Waals surface area contributed by atoms with Gasteiger partial charge in [0.1, 0.15) is 11.1 Å². The lowest BCUT2D eigenvalue weighted by Gasteiger charge is -2.12. The Morgan fingerprint density at radius 2 is 1.93 bits per heavy atom. The first-order valence-electron chi connectivity index (χ1n) is 7.93. The van der Waals surface area contributed by atoms with Crippen LogP contribution in [0.4, 0.5) is 0 Å². The molecule has 0 saturated heterocycles. The van der Waals surface area contributed by atoms with Crippen LogP contribution in [-0.2, 0) is 15.3 Å². The van der Waals surface area contributed by atoms with E-state index in [1.807, 2.05) is 16.7 Å². The molecule has 0 fully saturated rings. The van der Waals surface area contributed by atoms with Gasteiger partial charge in [0.05, 0.1) is 12.9 Å². The maximum absolute atomic E-state index is 11.8. The molecule has 0 bridgehead atoms. The van der Waals surface area contributed by atoms with Gasteiger partial charge >= 0.3 is 5.97 Å². The molecule has 2 heterocycles.